The number of benzene rings is 4. The second kappa shape index (κ2) is 27.0. The quantitative estimate of drug-likeness (QED) is 0.0839. The summed E-state index contributed by atoms with van der Waals surface area (Å²) in [4.78, 5) is 0. The molecule has 0 aromatic heterocycles. The molecule has 0 saturated carbocycles. The Morgan fingerprint density at radius 2 is 0.233 bits per heavy atom. The predicted octanol–water partition coefficient (Wildman–Crippen LogP) is -6.33. The number of rotatable bonds is 4. The molecular weight excluding hydrogens is 937 g/mol. The summed E-state index contributed by atoms with van der Waals surface area (Å²) in [5.41, 5.74) is -7.55. The minimum absolute atomic E-state index is 0. The topological polar surface area (TPSA) is 184 Å². The molecular formula is C24B4F20Mg4O8. The van der Waals surface area contributed by atoms with Crippen LogP contribution in [-0.2, 0) is 0 Å². The Hall–Kier alpha value is -1.52. The van der Waals surface area contributed by atoms with Crippen molar-refractivity contribution in [3.05, 3.63) is 116 Å². The summed E-state index contributed by atoms with van der Waals surface area (Å²) in [6.07, 6.45) is 0. The van der Waals surface area contributed by atoms with Gasteiger partial charge < -0.3 is 40.2 Å². The van der Waals surface area contributed by atoms with Crippen LogP contribution in [0.25, 0.3) is 0 Å². The van der Waals surface area contributed by atoms with Crippen molar-refractivity contribution in [3.63, 3.8) is 0 Å². The van der Waals surface area contributed by atoms with Gasteiger partial charge in [0, 0.05) is 0 Å². The molecule has 60 heavy (non-hydrogen) atoms. The summed E-state index contributed by atoms with van der Waals surface area (Å²) in [5, 5.41) is 80.8. The van der Waals surface area contributed by atoms with Gasteiger partial charge in [0.2, 0.25) is 0 Å². The van der Waals surface area contributed by atoms with E-state index in [1.165, 1.54) is 0 Å². The van der Waals surface area contributed by atoms with E-state index in [0.717, 1.165) is 0 Å². The fraction of sp³-hybridized carbons (Fsp3) is 0. The average Bonchev–Trinajstić information content (AvgIpc) is 3.11. The van der Waals surface area contributed by atoms with Gasteiger partial charge in [-0.2, -0.15) is 0 Å². The monoisotopic (exact) mass is 936 g/mol. The zero-order chi connectivity index (χ0) is 44.2. The van der Waals surface area contributed by atoms with E-state index in [2.05, 4.69) is 0 Å². The first-order valence-corrected chi connectivity index (χ1v) is 12.8. The number of hydrogen-bond donors (Lipinski definition) is 0. The molecule has 4 aromatic rings. The van der Waals surface area contributed by atoms with Gasteiger partial charge in [0.15, 0.2) is 116 Å². The largest absolute Gasteiger partial charge is 2.00 e. The molecule has 36 heteroatoms. The van der Waals surface area contributed by atoms with E-state index in [1.807, 2.05) is 0 Å². The van der Waals surface area contributed by atoms with Crippen molar-refractivity contribution >= 4 is 143 Å². The van der Waals surface area contributed by atoms with E-state index in [9.17, 15) is 128 Å². The summed E-state index contributed by atoms with van der Waals surface area (Å²) in [6.45, 7) is 0. The van der Waals surface area contributed by atoms with E-state index >= 15 is 0 Å². The van der Waals surface area contributed by atoms with E-state index in [4.69, 9.17) is 0 Å². The predicted molar refractivity (Wildman–Crippen MR) is 149 cm³/mol. The summed E-state index contributed by atoms with van der Waals surface area (Å²) in [6, 6.07) is 0. The van der Waals surface area contributed by atoms with Crippen molar-refractivity contribution in [1.29, 1.82) is 0 Å². The standard InChI is InChI=1S/4C6BF5O2.4Mg/c4*8-2-1(7(13)14)3(9)5(11)6(12)4(2)10;;;;/q4*-2;4*+2. The molecule has 0 unspecified atom stereocenters. The van der Waals surface area contributed by atoms with Crippen LogP contribution in [0.5, 0.6) is 0 Å². The van der Waals surface area contributed by atoms with Crippen LogP contribution in [0.1, 0.15) is 0 Å². The zero-order valence-corrected chi connectivity index (χ0v) is 33.6. The van der Waals surface area contributed by atoms with Crippen LogP contribution in [-0.4, -0.2) is 121 Å². The molecule has 304 valence electrons. The van der Waals surface area contributed by atoms with Crippen molar-refractivity contribution in [2.45, 2.75) is 0 Å². The molecule has 0 radical (unpaired) electrons. The molecule has 8 nitrogen and oxygen atoms in total. The third-order valence-corrected chi connectivity index (χ3v) is 5.92. The number of halogens is 20. The van der Waals surface area contributed by atoms with Gasteiger partial charge in [0.05, 0.1) is 0 Å². The van der Waals surface area contributed by atoms with Crippen LogP contribution in [0.2, 0.25) is 0 Å². The molecule has 0 aliphatic heterocycles. The smallest absolute Gasteiger partial charge is 0.889 e. The van der Waals surface area contributed by atoms with E-state index in [-0.39, 0.29) is 92.2 Å². The van der Waals surface area contributed by atoms with E-state index in [0.29, 0.717) is 0 Å². The summed E-state index contributed by atoms with van der Waals surface area (Å²) < 4.78 is 248. The van der Waals surface area contributed by atoms with Crippen molar-refractivity contribution < 1.29 is 128 Å². The minimum atomic E-state index is -3.26. The SMILES string of the molecule is [Mg+2].[Mg+2].[Mg+2].[Mg+2].[O-]B([O-])c1c(F)c(F)c(F)c(F)c1F.[O-]B([O-])c1c(F)c(F)c(F)c(F)c1F.[O-]B([O-])c1c(F)c(F)c(F)c(F)c1F.[O-]B([O-])c1c(F)c(F)c(F)c(F)c1F. The molecule has 0 heterocycles. The van der Waals surface area contributed by atoms with Gasteiger partial charge in [-0.05, 0) is 21.9 Å². The minimum Gasteiger partial charge on any atom is -0.889 e. The third kappa shape index (κ3) is 14.2. The van der Waals surface area contributed by atoms with E-state index in [1.54, 1.807) is 0 Å². The van der Waals surface area contributed by atoms with Gasteiger partial charge in [0.25, 0.3) is 0 Å². The number of hydrogen-bond acceptors (Lipinski definition) is 8. The van der Waals surface area contributed by atoms with Crippen molar-refractivity contribution in [2.75, 3.05) is 0 Å². The molecule has 0 aliphatic rings. The van der Waals surface area contributed by atoms with Crippen LogP contribution < -0.4 is 62.0 Å². The first-order valence-electron chi connectivity index (χ1n) is 12.8. The van der Waals surface area contributed by atoms with Gasteiger partial charge in [-0.1, -0.05) is 28.5 Å². The van der Waals surface area contributed by atoms with Gasteiger partial charge in [-0.25, -0.2) is 87.8 Å². The maximum absolute atomic E-state index is 12.5. The van der Waals surface area contributed by atoms with Gasteiger partial charge in [0.1, 0.15) is 0 Å². The molecule has 4 aromatic carbocycles. The first kappa shape index (κ1) is 65.1. The molecule has 0 bridgehead atoms. The molecule has 0 N–H and O–H groups in total. The normalized spacial score (nSPS) is 9.80. The van der Waals surface area contributed by atoms with Gasteiger partial charge >= 0.3 is 92.2 Å². The van der Waals surface area contributed by atoms with Crippen molar-refractivity contribution in [1.82, 2.24) is 0 Å². The fourth-order valence-corrected chi connectivity index (χ4v) is 3.32. The van der Waals surface area contributed by atoms with Crippen LogP contribution in [0.3, 0.4) is 0 Å². The van der Waals surface area contributed by atoms with E-state index < -0.39 is 167 Å². The van der Waals surface area contributed by atoms with Crippen molar-refractivity contribution in [3.8, 4) is 0 Å². The Morgan fingerprint density at radius 3 is 0.300 bits per heavy atom. The summed E-state index contributed by atoms with van der Waals surface area (Å²) >= 11 is 0. The maximum atomic E-state index is 12.5. The molecule has 0 saturated heterocycles. The molecule has 0 amide bonds. The molecule has 0 atom stereocenters. The van der Waals surface area contributed by atoms with Crippen LogP contribution in [0.15, 0.2) is 0 Å². The van der Waals surface area contributed by atoms with Crippen molar-refractivity contribution in [2.24, 2.45) is 0 Å². The maximum Gasteiger partial charge on any atom is 2.00 e. The Kier molecular flexibility index (Phi) is 29.2. The zero-order valence-electron chi connectivity index (χ0n) is 28.0. The second-order valence-corrected chi connectivity index (χ2v) is 9.26. The summed E-state index contributed by atoms with van der Waals surface area (Å²) in [7, 11) is -13.1. The third-order valence-electron chi connectivity index (χ3n) is 5.92. The Balaban J connectivity index is -0.000000341. The van der Waals surface area contributed by atoms with Gasteiger partial charge in [-0.15, -0.1) is 0 Å². The van der Waals surface area contributed by atoms with Crippen LogP contribution in [0.4, 0.5) is 87.8 Å². The average molecular weight is 937 g/mol. The molecule has 4 rings (SSSR count). The molecule has 0 fully saturated rings. The Bertz CT molecular complexity index is 1720. The van der Waals surface area contributed by atoms with Crippen LogP contribution >= 0.6 is 0 Å². The summed E-state index contributed by atoms with van der Waals surface area (Å²) in [5.74, 6) is -47.0. The Labute approximate surface area is 384 Å². The fourth-order valence-electron chi connectivity index (χ4n) is 3.32. The Morgan fingerprint density at radius 1 is 0.167 bits per heavy atom. The van der Waals surface area contributed by atoms with Crippen LogP contribution in [0, 0.1) is 116 Å². The first-order chi connectivity index (χ1) is 25.5. The second-order valence-electron chi connectivity index (χ2n) is 9.26. The molecule has 0 spiro atoms. The molecule has 0 aliphatic carbocycles. The van der Waals surface area contributed by atoms with Gasteiger partial charge in [-0.3, -0.25) is 0 Å².